The number of hydrogen-bond acceptors (Lipinski definition) is 6. The van der Waals surface area contributed by atoms with Gasteiger partial charge in [0.2, 0.25) is 10.4 Å². The Bertz CT molecular complexity index is 655. The average molecular weight is 708 g/mol. The van der Waals surface area contributed by atoms with Crippen LogP contribution in [0.2, 0.25) is 0 Å². The molecule has 0 aliphatic heterocycles. The number of quaternary nitrogens is 1. The highest BCUT2D eigenvalue weighted by molar-refractivity contribution is 7.80. The predicted octanol–water partition coefficient (Wildman–Crippen LogP) is 12.1. The largest absolute Gasteiger partial charge is 0.726 e. The maximum Gasteiger partial charge on any atom is 0.217 e. The molecule has 0 saturated heterocycles. The fourth-order valence-corrected chi connectivity index (χ4v) is 7.00. The van der Waals surface area contributed by atoms with E-state index in [1.54, 1.807) is 0 Å². The zero-order chi connectivity index (χ0) is 35.8. The minimum absolute atomic E-state index is 0.0914. The Hall–Kier alpha value is -0.250. The highest BCUT2D eigenvalue weighted by Gasteiger charge is 2.14. The summed E-state index contributed by atoms with van der Waals surface area (Å²) < 4.78 is 32.0. The van der Waals surface area contributed by atoms with Crippen molar-refractivity contribution < 1.29 is 32.8 Å². The van der Waals surface area contributed by atoms with E-state index >= 15 is 0 Å². The maximum atomic E-state index is 9.46. The molecule has 0 atom stereocenters. The fourth-order valence-electron chi connectivity index (χ4n) is 6.71. The monoisotopic (exact) mass is 708 g/mol. The van der Waals surface area contributed by atoms with Crippen molar-refractivity contribution in [3.05, 3.63) is 0 Å². The van der Waals surface area contributed by atoms with Gasteiger partial charge in [-0.15, -0.1) is 0 Å². The molecule has 0 radical (unpaired) electrons. The summed E-state index contributed by atoms with van der Waals surface area (Å²) in [6, 6.07) is 0. The summed E-state index contributed by atoms with van der Waals surface area (Å²) in [6.45, 7) is 6.42. The van der Waals surface area contributed by atoms with Crippen LogP contribution in [0.15, 0.2) is 0 Å². The summed E-state index contributed by atoms with van der Waals surface area (Å²) in [6.07, 6.45) is 47.4. The van der Waals surface area contributed by atoms with Gasteiger partial charge in [-0.25, -0.2) is 8.42 Å². The predicted molar refractivity (Wildman–Crippen MR) is 203 cm³/mol. The molecule has 0 rings (SSSR count). The van der Waals surface area contributed by atoms with E-state index in [0.717, 1.165) is 0 Å². The molecule has 3 N–H and O–H groups in total. The third-order valence-corrected chi connectivity index (χ3v) is 10.2. The van der Waals surface area contributed by atoms with E-state index < -0.39 is 10.4 Å². The molecule has 0 saturated carbocycles. The fraction of sp³-hybridized carbons (Fsp3) is 1.00. The molecular weight excluding hydrogens is 623 g/mol. The quantitative estimate of drug-likeness (QED) is 0.0255. The van der Waals surface area contributed by atoms with Crippen molar-refractivity contribution in [1.29, 1.82) is 0 Å². The molecule has 0 amide bonds. The lowest BCUT2D eigenvalue weighted by molar-refractivity contribution is -1.24. The van der Waals surface area contributed by atoms with Crippen LogP contribution >= 0.6 is 0 Å². The molecule has 0 aromatic heterocycles. The minimum atomic E-state index is -4.42. The molecular formula is C40H85NO6S. The summed E-state index contributed by atoms with van der Waals surface area (Å²) in [5, 5.41) is 18.6. The zero-order valence-electron chi connectivity index (χ0n) is 32.5. The molecule has 0 aliphatic carbocycles. The second kappa shape index (κ2) is 41.2. The summed E-state index contributed by atoms with van der Waals surface area (Å²) in [4.78, 5) is 0. The van der Waals surface area contributed by atoms with Crippen LogP contribution in [0.3, 0.4) is 0 Å². The molecule has 0 fully saturated rings. The van der Waals surface area contributed by atoms with Gasteiger partial charge in [0, 0.05) is 5.92 Å². The Labute approximate surface area is 300 Å². The second-order valence-corrected chi connectivity index (χ2v) is 15.5. The molecule has 0 aliphatic rings. The van der Waals surface area contributed by atoms with Gasteiger partial charge >= 0.3 is 0 Å². The smallest absolute Gasteiger partial charge is 0.217 e. The first-order chi connectivity index (χ1) is 23.3. The number of hydrogen-bond donors (Lipinski definition) is 3. The lowest BCUT2D eigenvalue weighted by Gasteiger charge is -2.16. The lowest BCUT2D eigenvalue weighted by atomic mass is 9.94. The molecule has 8 heteroatoms. The van der Waals surface area contributed by atoms with Gasteiger partial charge in [-0.2, -0.15) is 10.4 Å². The molecule has 48 heavy (non-hydrogen) atoms. The van der Waals surface area contributed by atoms with E-state index in [2.05, 4.69) is 18.0 Å². The molecule has 0 heterocycles. The standard InChI is InChI=1S/C38H79NO2.C2H6O4S/c1-3-5-7-9-11-13-15-17-19-21-23-25-27-29-31-33-35-38(37-39(40)41)36-34-32-30-28-26-24-22-20-18-16-14-12-10-8-6-4-2;1-2-6-7(3,4)5/h38,40-41H,3-37H2,1-2H3;2H2,1H3,(H,3,4,5). The first-order valence-corrected chi connectivity index (χ1v) is 22.4. The van der Waals surface area contributed by atoms with E-state index in [4.69, 9.17) is 0 Å². The van der Waals surface area contributed by atoms with Gasteiger partial charge < -0.3 is 4.55 Å². The van der Waals surface area contributed by atoms with Crippen LogP contribution in [0, 0.1) is 5.92 Å². The minimum Gasteiger partial charge on any atom is -0.726 e. The van der Waals surface area contributed by atoms with Gasteiger partial charge in [0.1, 0.15) is 6.54 Å². The maximum absolute atomic E-state index is 9.46. The highest BCUT2D eigenvalue weighted by atomic mass is 32.3. The van der Waals surface area contributed by atoms with E-state index in [-0.39, 0.29) is 11.8 Å². The Kier molecular flexibility index (Phi) is 42.8. The number of hydroxylamine groups is 2. The van der Waals surface area contributed by atoms with Crippen molar-refractivity contribution in [3.8, 4) is 0 Å². The van der Waals surface area contributed by atoms with Gasteiger partial charge in [-0.3, -0.25) is 4.18 Å². The Balaban J connectivity index is 0. The van der Waals surface area contributed by atoms with Gasteiger partial charge in [-0.05, 0) is 19.8 Å². The number of rotatable bonds is 38. The zero-order valence-corrected chi connectivity index (χ0v) is 33.3. The van der Waals surface area contributed by atoms with Gasteiger partial charge in [0.05, 0.1) is 6.61 Å². The molecule has 292 valence electrons. The Morgan fingerprint density at radius 3 is 0.854 bits per heavy atom. The molecule has 0 aromatic carbocycles. The lowest BCUT2D eigenvalue weighted by Crippen LogP contribution is -3.07. The van der Waals surface area contributed by atoms with Gasteiger partial charge in [0.15, 0.2) is 0 Å². The van der Waals surface area contributed by atoms with Crippen molar-refractivity contribution in [2.75, 3.05) is 13.2 Å². The van der Waals surface area contributed by atoms with Crippen LogP contribution in [0.25, 0.3) is 0 Å². The first-order valence-electron chi connectivity index (χ1n) is 21.1. The third-order valence-electron chi connectivity index (χ3n) is 9.67. The van der Waals surface area contributed by atoms with Crippen LogP contribution in [0.5, 0.6) is 0 Å². The van der Waals surface area contributed by atoms with Crippen LogP contribution in [-0.2, 0) is 14.6 Å². The van der Waals surface area contributed by atoms with Gasteiger partial charge in [-0.1, -0.05) is 225 Å². The van der Waals surface area contributed by atoms with E-state index in [0.29, 0.717) is 12.5 Å². The Morgan fingerprint density at radius 2 is 0.688 bits per heavy atom. The summed E-state index contributed by atoms with van der Waals surface area (Å²) in [5.74, 6) is 0.471. The van der Waals surface area contributed by atoms with Crippen molar-refractivity contribution in [2.24, 2.45) is 5.92 Å². The number of unbranched alkanes of at least 4 members (excludes halogenated alkanes) is 30. The molecule has 7 nitrogen and oxygen atoms in total. The van der Waals surface area contributed by atoms with Crippen LogP contribution in [-0.4, -0.2) is 36.5 Å². The van der Waals surface area contributed by atoms with Crippen molar-refractivity contribution in [3.63, 3.8) is 0 Å². The molecule has 0 spiro atoms. The average Bonchev–Trinajstić information content (AvgIpc) is 3.03. The summed E-state index contributed by atoms with van der Waals surface area (Å²) in [5.41, 5.74) is 0. The van der Waals surface area contributed by atoms with Crippen LogP contribution < -0.4 is 5.23 Å². The topological polar surface area (TPSA) is 111 Å². The van der Waals surface area contributed by atoms with Crippen LogP contribution in [0.1, 0.15) is 239 Å². The molecule has 0 bridgehead atoms. The normalized spacial score (nSPS) is 11.8. The third kappa shape index (κ3) is 47.9. The van der Waals surface area contributed by atoms with E-state index in [9.17, 15) is 23.4 Å². The molecule has 0 aromatic rings. The first kappa shape index (κ1) is 49.9. The van der Waals surface area contributed by atoms with E-state index in [1.165, 1.54) is 225 Å². The SMILES string of the molecule is CCCCCCCCCCCCCCCCCCC(CCCCCCCCCCCCCCCCCC)C[NH+](O)O.CCOS(=O)(=O)[O-]. The summed E-state index contributed by atoms with van der Waals surface area (Å²) >= 11 is 0. The second-order valence-electron chi connectivity index (χ2n) is 14.5. The van der Waals surface area contributed by atoms with Crippen molar-refractivity contribution in [2.45, 2.75) is 239 Å². The van der Waals surface area contributed by atoms with Crippen molar-refractivity contribution in [1.82, 2.24) is 0 Å². The van der Waals surface area contributed by atoms with E-state index in [1.807, 2.05) is 0 Å². The van der Waals surface area contributed by atoms with Crippen LogP contribution in [0.4, 0.5) is 0 Å². The molecule has 0 unspecified atom stereocenters. The van der Waals surface area contributed by atoms with Crippen molar-refractivity contribution >= 4 is 10.4 Å². The summed E-state index contributed by atoms with van der Waals surface area (Å²) in [7, 11) is -4.42. The number of nitrogens with one attached hydrogen (secondary N) is 1. The highest BCUT2D eigenvalue weighted by Crippen LogP contribution is 2.20. The van der Waals surface area contributed by atoms with Gasteiger partial charge in [0.25, 0.3) is 0 Å². The Morgan fingerprint density at radius 1 is 0.458 bits per heavy atom.